The highest BCUT2D eigenvalue weighted by molar-refractivity contribution is 5.91. The molecule has 1 amide bonds. The van der Waals surface area contributed by atoms with Crippen LogP contribution in [0.15, 0.2) is 23.0 Å². The lowest BCUT2D eigenvalue weighted by Gasteiger charge is -2.37. The second kappa shape index (κ2) is 6.49. The summed E-state index contributed by atoms with van der Waals surface area (Å²) < 4.78 is 19.3. The lowest BCUT2D eigenvalue weighted by Crippen LogP contribution is -2.49. The third kappa shape index (κ3) is 3.22. The Balaban J connectivity index is 2.27. The smallest absolute Gasteiger partial charge is 0.217 e. The molecule has 116 valence electrons. The fourth-order valence-corrected chi connectivity index (χ4v) is 3.02. The second-order valence-corrected chi connectivity index (χ2v) is 5.39. The van der Waals surface area contributed by atoms with Crippen molar-refractivity contribution in [3.8, 4) is 0 Å². The number of rotatable bonds is 4. The number of ketones is 1. The molecule has 0 aromatic heterocycles. The number of hydrogen-bond acceptors (Lipinski definition) is 4. The molecule has 1 saturated carbocycles. The zero-order valence-corrected chi connectivity index (χ0v) is 12.2. The van der Waals surface area contributed by atoms with Crippen molar-refractivity contribution in [2.24, 2.45) is 5.92 Å². The molecule has 0 aromatic rings. The minimum absolute atomic E-state index is 0.0934. The van der Waals surface area contributed by atoms with Crippen LogP contribution in [0.25, 0.3) is 0 Å². The topological polar surface area (TPSA) is 75.6 Å². The van der Waals surface area contributed by atoms with Crippen molar-refractivity contribution < 1.29 is 23.8 Å². The van der Waals surface area contributed by atoms with Crippen molar-refractivity contribution >= 4 is 11.7 Å². The normalized spacial score (nSPS) is 29.0. The predicted molar refractivity (Wildman–Crippen MR) is 74.1 cm³/mol. The Morgan fingerprint density at radius 2 is 2.29 bits per heavy atom. The number of ether oxygens (including phenoxy) is 1. The third-order valence-corrected chi connectivity index (χ3v) is 3.98. The van der Waals surface area contributed by atoms with Crippen molar-refractivity contribution in [1.29, 1.82) is 0 Å². The number of aliphatic hydroxyl groups is 1. The molecule has 1 fully saturated rings. The van der Waals surface area contributed by atoms with Crippen molar-refractivity contribution in [2.45, 2.75) is 38.8 Å². The summed E-state index contributed by atoms with van der Waals surface area (Å²) in [4.78, 5) is 23.8. The summed E-state index contributed by atoms with van der Waals surface area (Å²) in [7, 11) is 0. The highest BCUT2D eigenvalue weighted by Gasteiger charge is 2.42. The zero-order chi connectivity index (χ0) is 15.6. The Labute approximate surface area is 122 Å². The summed E-state index contributed by atoms with van der Waals surface area (Å²) >= 11 is 0. The molecule has 2 aliphatic rings. The molecule has 0 aromatic carbocycles. The quantitative estimate of drug-likeness (QED) is 0.812. The van der Waals surface area contributed by atoms with Gasteiger partial charge < -0.3 is 15.2 Å². The summed E-state index contributed by atoms with van der Waals surface area (Å²) in [5, 5.41) is 11.4. The van der Waals surface area contributed by atoms with Gasteiger partial charge in [-0.3, -0.25) is 9.59 Å². The van der Waals surface area contributed by atoms with Crippen molar-refractivity contribution in [1.82, 2.24) is 5.32 Å². The van der Waals surface area contributed by atoms with E-state index in [4.69, 9.17) is 9.84 Å². The highest BCUT2D eigenvalue weighted by Crippen LogP contribution is 2.39. The van der Waals surface area contributed by atoms with E-state index in [-0.39, 0.29) is 30.7 Å². The van der Waals surface area contributed by atoms with Crippen LogP contribution < -0.4 is 5.32 Å². The maximum Gasteiger partial charge on any atom is 0.217 e. The molecular formula is C15H20FNO4. The zero-order valence-electron chi connectivity index (χ0n) is 12.2. The van der Waals surface area contributed by atoms with E-state index < -0.39 is 18.1 Å². The fourth-order valence-electron chi connectivity index (χ4n) is 3.02. The Kier molecular flexibility index (Phi) is 4.90. The average Bonchev–Trinajstić information content (AvgIpc) is 2.42. The largest absolute Gasteiger partial charge is 0.394 e. The molecule has 3 unspecified atom stereocenters. The van der Waals surface area contributed by atoms with E-state index >= 15 is 0 Å². The molecule has 3 atom stereocenters. The number of nitrogens with one attached hydrogen (secondary N) is 1. The monoisotopic (exact) mass is 297 g/mol. The van der Waals surface area contributed by atoms with E-state index in [0.29, 0.717) is 18.4 Å². The molecule has 6 heteroatoms. The lowest BCUT2D eigenvalue weighted by atomic mass is 9.72. The fraction of sp³-hybridized carbons (Fsp3) is 0.600. The first kappa shape index (κ1) is 15.9. The van der Waals surface area contributed by atoms with Gasteiger partial charge in [-0.1, -0.05) is 5.57 Å². The molecular weight excluding hydrogens is 277 g/mol. The van der Waals surface area contributed by atoms with Gasteiger partial charge in [0.05, 0.1) is 25.2 Å². The lowest BCUT2D eigenvalue weighted by molar-refractivity contribution is -0.137. The van der Waals surface area contributed by atoms with Crippen LogP contribution in [0, 0.1) is 5.92 Å². The predicted octanol–water partition coefficient (Wildman–Crippen LogP) is 1.03. The summed E-state index contributed by atoms with van der Waals surface area (Å²) in [5.74, 6) is -1.44. The molecule has 5 nitrogen and oxygen atoms in total. The minimum Gasteiger partial charge on any atom is -0.394 e. The second-order valence-electron chi connectivity index (χ2n) is 5.39. The van der Waals surface area contributed by atoms with E-state index in [9.17, 15) is 14.0 Å². The number of aliphatic hydroxyl groups excluding tert-OH is 1. The molecule has 0 aliphatic heterocycles. The number of allylic oxidation sites excluding steroid dienone is 2. The van der Waals surface area contributed by atoms with Gasteiger partial charge in [0.2, 0.25) is 5.91 Å². The van der Waals surface area contributed by atoms with Crippen LogP contribution in [-0.2, 0) is 14.3 Å². The third-order valence-electron chi connectivity index (χ3n) is 3.98. The molecule has 0 spiro atoms. The van der Waals surface area contributed by atoms with Crippen LogP contribution in [0.2, 0.25) is 0 Å². The number of fused-ring (bicyclic) bond motifs is 1. The van der Waals surface area contributed by atoms with Crippen molar-refractivity contribution in [3.05, 3.63) is 23.0 Å². The first-order chi connectivity index (χ1) is 9.95. The number of hydrogen-bond donors (Lipinski definition) is 2. The van der Waals surface area contributed by atoms with Crippen molar-refractivity contribution in [2.75, 3.05) is 13.2 Å². The first-order valence-corrected chi connectivity index (χ1v) is 7.06. The molecule has 21 heavy (non-hydrogen) atoms. The van der Waals surface area contributed by atoms with Gasteiger partial charge >= 0.3 is 0 Å². The SMILES string of the molecule is CC(=O)NC1C=C(F)C(C)=C2CCC(OCCO)C(=O)C21. The van der Waals surface area contributed by atoms with Crippen LogP contribution >= 0.6 is 0 Å². The molecule has 2 N–H and O–H groups in total. The van der Waals surface area contributed by atoms with E-state index in [1.165, 1.54) is 13.0 Å². The van der Waals surface area contributed by atoms with Crippen LogP contribution in [0.1, 0.15) is 26.7 Å². The van der Waals surface area contributed by atoms with Crippen LogP contribution in [0.3, 0.4) is 0 Å². The van der Waals surface area contributed by atoms with Crippen LogP contribution in [0.4, 0.5) is 4.39 Å². The van der Waals surface area contributed by atoms with Gasteiger partial charge in [-0.2, -0.15) is 0 Å². The summed E-state index contributed by atoms with van der Waals surface area (Å²) in [5.41, 5.74) is 1.22. The van der Waals surface area contributed by atoms with Gasteiger partial charge in [0, 0.05) is 6.92 Å². The minimum atomic E-state index is -0.672. The van der Waals surface area contributed by atoms with E-state index in [0.717, 1.165) is 5.57 Å². The van der Waals surface area contributed by atoms with Gasteiger partial charge in [0.15, 0.2) is 5.78 Å². The summed E-state index contributed by atoms with van der Waals surface area (Å²) in [6.07, 6.45) is 1.71. The Morgan fingerprint density at radius 1 is 1.57 bits per heavy atom. The van der Waals surface area contributed by atoms with Crippen molar-refractivity contribution in [3.63, 3.8) is 0 Å². The van der Waals surface area contributed by atoms with Gasteiger partial charge in [-0.15, -0.1) is 0 Å². The highest BCUT2D eigenvalue weighted by atomic mass is 19.1. The molecule has 2 aliphatic carbocycles. The van der Waals surface area contributed by atoms with Gasteiger partial charge in [-0.25, -0.2) is 4.39 Å². The van der Waals surface area contributed by atoms with Gasteiger partial charge in [-0.05, 0) is 31.4 Å². The number of halogens is 1. The molecule has 0 heterocycles. The number of carbonyl (C=O) groups is 2. The average molecular weight is 297 g/mol. The first-order valence-electron chi connectivity index (χ1n) is 7.06. The maximum absolute atomic E-state index is 14.0. The number of Topliss-reactive ketones (excluding diaryl/α,β-unsaturated/α-hetero) is 1. The Bertz CT molecular complexity index is 512. The Hall–Kier alpha value is -1.53. The van der Waals surface area contributed by atoms with Crippen LogP contribution in [0.5, 0.6) is 0 Å². The molecule has 0 bridgehead atoms. The number of amides is 1. The van der Waals surface area contributed by atoms with E-state index in [2.05, 4.69) is 5.32 Å². The molecule has 2 rings (SSSR count). The van der Waals surface area contributed by atoms with Gasteiger partial charge in [0.1, 0.15) is 11.9 Å². The van der Waals surface area contributed by atoms with E-state index in [1.54, 1.807) is 6.92 Å². The molecule has 0 radical (unpaired) electrons. The number of carbonyl (C=O) groups excluding carboxylic acids is 2. The summed E-state index contributed by atoms with van der Waals surface area (Å²) in [6, 6.07) is -0.672. The molecule has 0 saturated heterocycles. The van der Waals surface area contributed by atoms with E-state index in [1.807, 2.05) is 0 Å². The van der Waals surface area contributed by atoms with Gasteiger partial charge in [0.25, 0.3) is 0 Å². The standard InChI is InChI=1S/C15H20FNO4/c1-8-10-3-4-13(21-6-5-18)15(20)14(10)12(7-11(8)16)17-9(2)19/h7,12-14,18H,3-6H2,1-2H3,(H,17,19). The maximum atomic E-state index is 14.0. The van der Waals surface area contributed by atoms with Crippen LogP contribution in [-0.4, -0.2) is 42.2 Å². The Morgan fingerprint density at radius 3 is 2.90 bits per heavy atom. The summed E-state index contributed by atoms with van der Waals surface area (Å²) in [6.45, 7) is 2.93.